The molecule has 1 atom stereocenters. The van der Waals surface area contributed by atoms with Gasteiger partial charge in [0.1, 0.15) is 0 Å². The van der Waals surface area contributed by atoms with Crippen molar-refractivity contribution in [2.24, 2.45) is 5.92 Å². The van der Waals surface area contributed by atoms with Gasteiger partial charge in [-0.2, -0.15) is 4.31 Å². The third kappa shape index (κ3) is 6.09. The highest BCUT2D eigenvalue weighted by molar-refractivity contribution is 7.88. The second-order valence-corrected chi connectivity index (χ2v) is 9.14. The van der Waals surface area contributed by atoms with Gasteiger partial charge in [-0.05, 0) is 18.4 Å². The minimum Gasteiger partial charge on any atom is -0.348 e. The summed E-state index contributed by atoms with van der Waals surface area (Å²) in [6.07, 6.45) is 0. The van der Waals surface area contributed by atoms with Crippen molar-refractivity contribution < 1.29 is 18.1 Å². The highest BCUT2D eigenvalue weighted by Gasteiger charge is 2.30. The Kier molecular flexibility index (Phi) is 6.98. The smallest absolute Gasteiger partial charge is 0.275 e. The number of sulfonamides is 1. The fourth-order valence-electron chi connectivity index (χ4n) is 2.83. The molecule has 0 unspecified atom stereocenters. The lowest BCUT2D eigenvalue weighted by Crippen LogP contribution is -3.15. The molecule has 1 heterocycles. The fourth-order valence-corrected chi connectivity index (χ4v) is 4.37. The van der Waals surface area contributed by atoms with Crippen LogP contribution >= 0.6 is 0 Å². The summed E-state index contributed by atoms with van der Waals surface area (Å²) in [6, 6.07) is 9.40. The molecule has 1 saturated heterocycles. The van der Waals surface area contributed by atoms with Crippen molar-refractivity contribution in [3.8, 4) is 0 Å². The van der Waals surface area contributed by atoms with Gasteiger partial charge < -0.3 is 10.2 Å². The van der Waals surface area contributed by atoms with Crippen molar-refractivity contribution in [2.75, 3.05) is 32.7 Å². The zero-order valence-electron chi connectivity index (χ0n) is 15.4. The van der Waals surface area contributed by atoms with Crippen molar-refractivity contribution in [2.45, 2.75) is 32.6 Å². The van der Waals surface area contributed by atoms with Crippen LogP contribution in [0.15, 0.2) is 30.3 Å². The first-order valence-corrected chi connectivity index (χ1v) is 10.5. The van der Waals surface area contributed by atoms with Gasteiger partial charge in [0.2, 0.25) is 10.0 Å². The minimum atomic E-state index is -3.30. The maximum atomic E-state index is 12.5. The van der Waals surface area contributed by atoms with Crippen molar-refractivity contribution in [1.82, 2.24) is 9.62 Å². The second kappa shape index (κ2) is 8.78. The molecule has 1 aliphatic heterocycles. The number of nitrogens with zero attached hydrogens (tertiary/aromatic N) is 1. The lowest BCUT2D eigenvalue weighted by Gasteiger charge is -2.31. The quantitative estimate of drug-likeness (QED) is 0.705. The second-order valence-electron chi connectivity index (χ2n) is 7.17. The van der Waals surface area contributed by atoms with E-state index in [-0.39, 0.29) is 17.7 Å². The summed E-state index contributed by atoms with van der Waals surface area (Å²) in [5.74, 6) is 0.478. The molecule has 140 valence electrons. The van der Waals surface area contributed by atoms with E-state index in [1.165, 1.54) is 0 Å². The van der Waals surface area contributed by atoms with Gasteiger partial charge in [-0.25, -0.2) is 8.42 Å². The number of hydrogen-bond acceptors (Lipinski definition) is 3. The number of amides is 1. The van der Waals surface area contributed by atoms with Crippen LogP contribution in [-0.2, 0) is 20.6 Å². The molecule has 0 bridgehead atoms. The summed E-state index contributed by atoms with van der Waals surface area (Å²) in [4.78, 5) is 13.2. The van der Waals surface area contributed by atoms with Crippen LogP contribution in [0, 0.1) is 5.92 Å². The summed E-state index contributed by atoms with van der Waals surface area (Å²) in [7, 11) is -3.30. The monoisotopic (exact) mass is 368 g/mol. The Hall–Kier alpha value is -1.44. The van der Waals surface area contributed by atoms with Crippen LogP contribution < -0.4 is 10.2 Å². The van der Waals surface area contributed by atoms with Gasteiger partial charge in [-0.15, -0.1) is 0 Å². The number of piperazine rings is 1. The first-order valence-electron chi connectivity index (χ1n) is 8.92. The van der Waals surface area contributed by atoms with E-state index in [1.807, 2.05) is 37.3 Å². The van der Waals surface area contributed by atoms with Gasteiger partial charge in [-0.3, -0.25) is 4.79 Å². The molecule has 1 aromatic carbocycles. The molecule has 1 aromatic rings. The molecule has 1 fully saturated rings. The lowest BCUT2D eigenvalue weighted by molar-refractivity contribution is -0.895. The Morgan fingerprint density at radius 3 is 2.32 bits per heavy atom. The lowest BCUT2D eigenvalue weighted by atomic mass is 10.1. The number of carbonyl (C=O) groups excluding carboxylic acids is 1. The van der Waals surface area contributed by atoms with E-state index in [0.717, 1.165) is 10.5 Å². The number of rotatable bonds is 7. The zero-order valence-corrected chi connectivity index (χ0v) is 16.2. The van der Waals surface area contributed by atoms with Crippen LogP contribution in [0.5, 0.6) is 0 Å². The van der Waals surface area contributed by atoms with Crippen LogP contribution in [-0.4, -0.2) is 57.4 Å². The summed E-state index contributed by atoms with van der Waals surface area (Å²) in [6.45, 7) is 8.84. The van der Waals surface area contributed by atoms with Gasteiger partial charge in [0.05, 0.1) is 31.9 Å². The molecule has 6 nitrogen and oxygen atoms in total. The SMILES string of the molecule is CC(C)[C@@H](C)NC(=O)C[NH+]1CCN(S(=O)(=O)Cc2ccccc2)CC1. The molecule has 0 aromatic heterocycles. The van der Waals surface area contributed by atoms with E-state index in [0.29, 0.717) is 38.6 Å². The summed E-state index contributed by atoms with van der Waals surface area (Å²) < 4.78 is 26.6. The van der Waals surface area contributed by atoms with E-state index in [9.17, 15) is 13.2 Å². The van der Waals surface area contributed by atoms with Gasteiger partial charge in [0.25, 0.3) is 5.91 Å². The minimum absolute atomic E-state index is 0.0373. The standard InChI is InChI=1S/C18H29N3O3S/c1-15(2)16(3)19-18(22)13-20-9-11-21(12-10-20)25(23,24)14-17-7-5-4-6-8-17/h4-8,15-16H,9-14H2,1-3H3,(H,19,22)/p+1/t16-/m1/s1. The number of benzene rings is 1. The van der Waals surface area contributed by atoms with Crippen LogP contribution in [0.2, 0.25) is 0 Å². The summed E-state index contributed by atoms with van der Waals surface area (Å²) >= 11 is 0. The zero-order chi connectivity index (χ0) is 18.4. The molecular formula is C18H30N3O3S+. The number of quaternary nitrogens is 1. The molecule has 7 heteroatoms. The van der Waals surface area contributed by atoms with Crippen molar-refractivity contribution in [1.29, 1.82) is 0 Å². The molecule has 0 spiro atoms. The summed E-state index contributed by atoms with van der Waals surface area (Å²) in [5, 5.41) is 3.01. The Labute approximate surface area is 151 Å². The first-order chi connectivity index (χ1) is 11.8. The van der Waals surface area contributed by atoms with E-state index in [2.05, 4.69) is 19.2 Å². The highest BCUT2D eigenvalue weighted by atomic mass is 32.2. The molecule has 1 amide bonds. The number of nitrogens with one attached hydrogen (secondary N) is 2. The third-order valence-electron chi connectivity index (χ3n) is 4.81. The molecule has 25 heavy (non-hydrogen) atoms. The van der Waals surface area contributed by atoms with Crippen LogP contribution in [0.1, 0.15) is 26.3 Å². The first kappa shape index (κ1) is 19.9. The van der Waals surface area contributed by atoms with Gasteiger partial charge in [-0.1, -0.05) is 44.2 Å². The molecule has 2 N–H and O–H groups in total. The molecule has 0 saturated carbocycles. The molecular weight excluding hydrogens is 338 g/mol. The molecule has 0 aliphatic carbocycles. The average molecular weight is 369 g/mol. The third-order valence-corrected chi connectivity index (χ3v) is 6.66. The number of hydrogen-bond donors (Lipinski definition) is 2. The van der Waals surface area contributed by atoms with E-state index >= 15 is 0 Å². The normalized spacial score (nSPS) is 18.2. The van der Waals surface area contributed by atoms with Crippen LogP contribution in [0.25, 0.3) is 0 Å². The van der Waals surface area contributed by atoms with Gasteiger partial charge in [0.15, 0.2) is 6.54 Å². The van der Waals surface area contributed by atoms with Gasteiger partial charge in [0, 0.05) is 6.04 Å². The Balaban J connectivity index is 1.82. The van der Waals surface area contributed by atoms with Gasteiger partial charge >= 0.3 is 0 Å². The van der Waals surface area contributed by atoms with Crippen LogP contribution in [0.3, 0.4) is 0 Å². The average Bonchev–Trinajstić information content (AvgIpc) is 2.55. The Bertz CT molecular complexity index is 653. The highest BCUT2D eigenvalue weighted by Crippen LogP contribution is 2.10. The predicted octanol–water partition coefficient (Wildman–Crippen LogP) is -0.122. The van der Waals surface area contributed by atoms with E-state index in [4.69, 9.17) is 0 Å². The largest absolute Gasteiger partial charge is 0.348 e. The fraction of sp³-hybridized carbons (Fsp3) is 0.611. The molecule has 1 aliphatic rings. The molecule has 0 radical (unpaired) electrons. The van der Waals surface area contributed by atoms with E-state index < -0.39 is 10.0 Å². The van der Waals surface area contributed by atoms with Crippen molar-refractivity contribution >= 4 is 15.9 Å². The van der Waals surface area contributed by atoms with Crippen molar-refractivity contribution in [3.05, 3.63) is 35.9 Å². The Morgan fingerprint density at radius 1 is 1.16 bits per heavy atom. The maximum absolute atomic E-state index is 12.5. The Morgan fingerprint density at radius 2 is 1.76 bits per heavy atom. The molecule has 2 rings (SSSR count). The van der Waals surface area contributed by atoms with Crippen LogP contribution in [0.4, 0.5) is 0 Å². The summed E-state index contributed by atoms with van der Waals surface area (Å²) in [5.41, 5.74) is 0.805. The number of carbonyl (C=O) groups is 1. The topological polar surface area (TPSA) is 70.9 Å². The van der Waals surface area contributed by atoms with E-state index in [1.54, 1.807) is 4.31 Å². The predicted molar refractivity (Wildman–Crippen MR) is 98.6 cm³/mol. The maximum Gasteiger partial charge on any atom is 0.275 e. The van der Waals surface area contributed by atoms with Crippen molar-refractivity contribution in [3.63, 3.8) is 0 Å².